The van der Waals surface area contributed by atoms with Crippen molar-refractivity contribution < 1.29 is 4.74 Å². The van der Waals surface area contributed by atoms with Crippen LogP contribution in [0.25, 0.3) is 22.0 Å². The van der Waals surface area contributed by atoms with Gasteiger partial charge in [-0.1, -0.05) is 19.1 Å². The highest BCUT2D eigenvalue weighted by Gasteiger charge is 2.19. The molecule has 0 radical (unpaired) electrons. The van der Waals surface area contributed by atoms with Crippen LogP contribution < -0.4 is 4.74 Å². The van der Waals surface area contributed by atoms with Crippen LogP contribution in [0.15, 0.2) is 48.8 Å². The van der Waals surface area contributed by atoms with Gasteiger partial charge in [-0.05, 0) is 59.7 Å². The van der Waals surface area contributed by atoms with E-state index in [-0.39, 0.29) is 0 Å². The molecule has 3 aromatic rings. The molecule has 1 aliphatic carbocycles. The Bertz CT molecular complexity index is 942. The standard InChI is InChI=1S/C21H20N2O/c1-4-14-9-20-19(18-8-13(2)7-16(18)12-22-20)10-17(14)15-5-6-21(24-3)23-11-15/h5-6,9-12H,2,4,7-8H2,1,3H3. The Kier molecular flexibility index (Phi) is 3.57. The lowest BCUT2D eigenvalue weighted by Gasteiger charge is -2.12. The van der Waals surface area contributed by atoms with E-state index in [9.17, 15) is 0 Å². The number of aromatic nitrogens is 2. The number of allylic oxidation sites excluding steroid dienone is 1. The van der Waals surface area contributed by atoms with Crippen molar-refractivity contribution in [1.29, 1.82) is 0 Å². The molecule has 2 heterocycles. The second kappa shape index (κ2) is 5.75. The number of ether oxygens (including phenoxy) is 1. The van der Waals surface area contributed by atoms with Gasteiger partial charge < -0.3 is 4.74 Å². The van der Waals surface area contributed by atoms with Gasteiger partial charge in [-0.15, -0.1) is 0 Å². The zero-order valence-corrected chi connectivity index (χ0v) is 14.1. The molecule has 0 saturated heterocycles. The molecular weight excluding hydrogens is 296 g/mol. The summed E-state index contributed by atoms with van der Waals surface area (Å²) >= 11 is 0. The Balaban J connectivity index is 1.93. The number of hydrogen-bond donors (Lipinski definition) is 0. The van der Waals surface area contributed by atoms with Crippen LogP contribution in [0.1, 0.15) is 23.6 Å². The Hall–Kier alpha value is -2.68. The van der Waals surface area contributed by atoms with Gasteiger partial charge in [0.2, 0.25) is 5.88 Å². The first-order valence-corrected chi connectivity index (χ1v) is 8.30. The summed E-state index contributed by atoms with van der Waals surface area (Å²) in [5, 5.41) is 1.24. The molecule has 4 rings (SSSR count). The number of methoxy groups -OCH3 is 1. The molecule has 2 aromatic heterocycles. The molecule has 0 N–H and O–H groups in total. The van der Waals surface area contributed by atoms with Gasteiger partial charge in [-0.2, -0.15) is 0 Å². The lowest BCUT2D eigenvalue weighted by atomic mass is 9.94. The van der Waals surface area contributed by atoms with E-state index in [4.69, 9.17) is 4.74 Å². The maximum Gasteiger partial charge on any atom is 0.212 e. The number of hydrogen-bond acceptors (Lipinski definition) is 3. The molecule has 0 aliphatic heterocycles. The number of aryl methyl sites for hydroxylation is 1. The maximum absolute atomic E-state index is 5.17. The zero-order valence-electron chi connectivity index (χ0n) is 14.1. The summed E-state index contributed by atoms with van der Waals surface area (Å²) in [7, 11) is 1.64. The number of benzene rings is 1. The predicted molar refractivity (Wildman–Crippen MR) is 97.5 cm³/mol. The normalized spacial score (nSPS) is 13.3. The molecule has 3 heteroatoms. The Labute approximate surface area is 142 Å². The van der Waals surface area contributed by atoms with Gasteiger partial charge in [0, 0.05) is 29.4 Å². The second-order valence-corrected chi connectivity index (χ2v) is 6.33. The molecule has 0 unspecified atom stereocenters. The first kappa shape index (κ1) is 14.9. The van der Waals surface area contributed by atoms with Crippen LogP contribution in [0, 0.1) is 0 Å². The summed E-state index contributed by atoms with van der Waals surface area (Å²) in [6.07, 6.45) is 6.77. The van der Waals surface area contributed by atoms with Crippen molar-refractivity contribution in [2.75, 3.05) is 7.11 Å². The van der Waals surface area contributed by atoms with Gasteiger partial charge >= 0.3 is 0 Å². The summed E-state index contributed by atoms with van der Waals surface area (Å²) in [5.74, 6) is 0.636. The van der Waals surface area contributed by atoms with Crippen LogP contribution in [0.2, 0.25) is 0 Å². The van der Waals surface area contributed by atoms with Crippen molar-refractivity contribution >= 4 is 10.9 Å². The van der Waals surface area contributed by atoms with Crippen molar-refractivity contribution in [3.63, 3.8) is 0 Å². The fraction of sp³-hybridized carbons (Fsp3) is 0.238. The van der Waals surface area contributed by atoms with E-state index in [1.54, 1.807) is 7.11 Å². The van der Waals surface area contributed by atoms with Crippen LogP contribution in [0.3, 0.4) is 0 Å². The molecule has 0 bridgehead atoms. The molecule has 3 nitrogen and oxygen atoms in total. The monoisotopic (exact) mass is 316 g/mol. The third-order valence-electron chi connectivity index (χ3n) is 4.80. The van der Waals surface area contributed by atoms with Crippen LogP contribution >= 0.6 is 0 Å². The largest absolute Gasteiger partial charge is 0.481 e. The summed E-state index contributed by atoms with van der Waals surface area (Å²) < 4.78 is 5.17. The molecule has 0 fully saturated rings. The average molecular weight is 316 g/mol. The van der Waals surface area contributed by atoms with Gasteiger partial charge in [0.1, 0.15) is 0 Å². The van der Waals surface area contributed by atoms with Gasteiger partial charge in [-0.25, -0.2) is 4.98 Å². The van der Waals surface area contributed by atoms with Crippen molar-refractivity contribution in [2.45, 2.75) is 26.2 Å². The van der Waals surface area contributed by atoms with Crippen molar-refractivity contribution in [2.24, 2.45) is 0 Å². The topological polar surface area (TPSA) is 35.0 Å². The Morgan fingerprint density at radius 3 is 2.71 bits per heavy atom. The quantitative estimate of drug-likeness (QED) is 0.666. The number of pyridine rings is 2. The minimum atomic E-state index is 0.636. The van der Waals surface area contributed by atoms with E-state index >= 15 is 0 Å². The van der Waals surface area contributed by atoms with Gasteiger partial charge in [-0.3, -0.25) is 4.98 Å². The SMILES string of the molecule is C=C1Cc2cnc3cc(CC)c(-c4ccc(OC)nc4)cc3c2C1. The highest BCUT2D eigenvalue weighted by molar-refractivity contribution is 5.90. The van der Waals surface area contributed by atoms with E-state index in [1.165, 1.54) is 33.2 Å². The number of nitrogens with zero attached hydrogens (tertiary/aromatic N) is 2. The summed E-state index contributed by atoms with van der Waals surface area (Å²) in [6.45, 7) is 6.33. The van der Waals surface area contributed by atoms with Crippen LogP contribution in [-0.2, 0) is 19.3 Å². The van der Waals surface area contributed by atoms with Crippen molar-refractivity contribution in [3.8, 4) is 17.0 Å². The second-order valence-electron chi connectivity index (χ2n) is 6.33. The highest BCUT2D eigenvalue weighted by atomic mass is 16.5. The van der Waals surface area contributed by atoms with Crippen LogP contribution in [0.4, 0.5) is 0 Å². The fourth-order valence-corrected chi connectivity index (χ4v) is 3.54. The van der Waals surface area contributed by atoms with E-state index in [0.29, 0.717) is 5.88 Å². The van der Waals surface area contributed by atoms with E-state index in [0.717, 1.165) is 30.3 Å². The Morgan fingerprint density at radius 2 is 2.00 bits per heavy atom. The molecule has 0 saturated carbocycles. The first-order chi connectivity index (χ1) is 11.7. The lowest BCUT2D eigenvalue weighted by Crippen LogP contribution is -1.95. The summed E-state index contributed by atoms with van der Waals surface area (Å²) in [6, 6.07) is 8.48. The van der Waals surface area contributed by atoms with Gasteiger partial charge in [0.15, 0.2) is 0 Å². The number of rotatable bonds is 3. The third-order valence-corrected chi connectivity index (χ3v) is 4.80. The molecule has 0 amide bonds. The number of fused-ring (bicyclic) bond motifs is 3. The fourth-order valence-electron chi connectivity index (χ4n) is 3.54. The van der Waals surface area contributed by atoms with Gasteiger partial charge in [0.25, 0.3) is 0 Å². The minimum Gasteiger partial charge on any atom is -0.481 e. The molecule has 24 heavy (non-hydrogen) atoms. The molecule has 0 spiro atoms. The Morgan fingerprint density at radius 1 is 1.12 bits per heavy atom. The maximum atomic E-state index is 5.17. The van der Waals surface area contributed by atoms with Crippen LogP contribution in [-0.4, -0.2) is 17.1 Å². The average Bonchev–Trinajstić information content (AvgIpc) is 3.01. The molecule has 120 valence electrons. The van der Waals surface area contributed by atoms with Crippen molar-refractivity contribution in [1.82, 2.24) is 9.97 Å². The first-order valence-electron chi connectivity index (χ1n) is 8.30. The predicted octanol–water partition coefficient (Wildman–Crippen LogP) is 4.52. The minimum absolute atomic E-state index is 0.636. The molecule has 1 aliphatic rings. The van der Waals surface area contributed by atoms with E-state index < -0.39 is 0 Å². The van der Waals surface area contributed by atoms with Gasteiger partial charge in [0.05, 0.1) is 12.6 Å². The summed E-state index contributed by atoms with van der Waals surface area (Å²) in [5.41, 5.74) is 8.68. The zero-order chi connectivity index (χ0) is 16.7. The summed E-state index contributed by atoms with van der Waals surface area (Å²) in [4.78, 5) is 9.04. The highest BCUT2D eigenvalue weighted by Crippen LogP contribution is 2.35. The third kappa shape index (κ3) is 2.37. The van der Waals surface area contributed by atoms with E-state index in [2.05, 4.69) is 41.7 Å². The van der Waals surface area contributed by atoms with Crippen LogP contribution in [0.5, 0.6) is 5.88 Å². The van der Waals surface area contributed by atoms with Crippen molar-refractivity contribution in [3.05, 3.63) is 65.5 Å². The molecule has 0 atom stereocenters. The smallest absolute Gasteiger partial charge is 0.212 e. The molecule has 1 aromatic carbocycles. The lowest BCUT2D eigenvalue weighted by molar-refractivity contribution is 0.398. The van der Waals surface area contributed by atoms with E-state index in [1.807, 2.05) is 18.5 Å². The molecular formula is C21H20N2O.